The molecular formula is C20H28S. The molecule has 0 nitrogen and oxygen atoms in total. The smallest absolute Gasteiger partial charge is 0.00977 e. The monoisotopic (exact) mass is 300 g/mol. The van der Waals surface area contributed by atoms with Gasteiger partial charge in [-0.15, -0.1) is 11.8 Å². The van der Waals surface area contributed by atoms with E-state index < -0.39 is 0 Å². The summed E-state index contributed by atoms with van der Waals surface area (Å²) in [5, 5.41) is 0.609. The lowest BCUT2D eigenvalue weighted by Gasteiger charge is -2.06. The normalized spacial score (nSPS) is 11.1. The molecular weight excluding hydrogens is 272 g/mol. The van der Waals surface area contributed by atoms with E-state index >= 15 is 0 Å². The first-order valence-corrected chi connectivity index (χ1v) is 8.05. The van der Waals surface area contributed by atoms with Gasteiger partial charge in [-0.2, -0.15) is 0 Å². The molecule has 1 rings (SSSR count). The summed E-state index contributed by atoms with van der Waals surface area (Å²) in [7, 11) is 0. The zero-order valence-electron chi connectivity index (χ0n) is 14.1. The molecule has 0 aliphatic heterocycles. The van der Waals surface area contributed by atoms with Crippen LogP contribution in [0.15, 0.2) is 60.6 Å². The first-order chi connectivity index (χ1) is 9.85. The Morgan fingerprint density at radius 2 is 1.71 bits per heavy atom. The Balaban J connectivity index is 0.000000382. The molecule has 0 saturated carbocycles. The molecule has 114 valence electrons. The van der Waals surface area contributed by atoms with E-state index in [1.165, 1.54) is 27.2 Å². The van der Waals surface area contributed by atoms with Gasteiger partial charge in [0.1, 0.15) is 0 Å². The third-order valence-electron chi connectivity index (χ3n) is 2.90. The molecule has 0 radical (unpaired) electrons. The highest BCUT2D eigenvalue weighted by molar-refractivity contribution is 8.03. The minimum atomic E-state index is 0.609. The van der Waals surface area contributed by atoms with Crippen molar-refractivity contribution in [3.8, 4) is 0 Å². The van der Waals surface area contributed by atoms with Crippen LogP contribution in [-0.4, -0.2) is 5.25 Å². The standard InChI is InChI=1S/C10H16S.C10H12/c1-6-9(5)10(7-2)11-8(3)4;1-4-10-7-8(2)5-6-9(10)3/h6-8H,1-2H2,3-5H3;4-7H,1H2,2-3H3/b10-9+;. The van der Waals surface area contributed by atoms with Gasteiger partial charge in [-0.3, -0.25) is 0 Å². The molecule has 1 heteroatoms. The van der Waals surface area contributed by atoms with Crippen molar-refractivity contribution in [3.05, 3.63) is 77.3 Å². The number of hydrogen-bond donors (Lipinski definition) is 0. The molecule has 0 spiro atoms. The quantitative estimate of drug-likeness (QED) is 0.544. The van der Waals surface area contributed by atoms with Crippen molar-refractivity contribution in [2.75, 3.05) is 0 Å². The SMILES string of the molecule is C=C/C(C)=C(\C=C)SC(C)C.C=Cc1cc(C)ccc1C. The fourth-order valence-corrected chi connectivity index (χ4v) is 2.51. The predicted molar refractivity (Wildman–Crippen MR) is 102 cm³/mol. The number of allylic oxidation sites excluding steroid dienone is 3. The van der Waals surface area contributed by atoms with Crippen LogP contribution in [-0.2, 0) is 0 Å². The van der Waals surface area contributed by atoms with Gasteiger partial charge in [-0.25, -0.2) is 0 Å². The van der Waals surface area contributed by atoms with E-state index in [4.69, 9.17) is 0 Å². The van der Waals surface area contributed by atoms with Crippen LogP contribution >= 0.6 is 11.8 Å². The summed E-state index contributed by atoms with van der Waals surface area (Å²) in [5.74, 6) is 0. The van der Waals surface area contributed by atoms with E-state index in [2.05, 4.69) is 72.6 Å². The first kappa shape index (κ1) is 19.5. The number of benzene rings is 1. The Morgan fingerprint density at radius 3 is 2.10 bits per heavy atom. The molecule has 0 amide bonds. The molecule has 0 aromatic heterocycles. The maximum absolute atomic E-state index is 3.76. The minimum absolute atomic E-state index is 0.609. The number of thioether (sulfide) groups is 1. The van der Waals surface area contributed by atoms with Gasteiger partial charge in [0.2, 0.25) is 0 Å². The summed E-state index contributed by atoms with van der Waals surface area (Å²) in [6, 6.07) is 6.37. The third kappa shape index (κ3) is 7.77. The van der Waals surface area contributed by atoms with Crippen molar-refractivity contribution in [1.29, 1.82) is 0 Å². The Hall–Kier alpha value is -1.47. The van der Waals surface area contributed by atoms with Gasteiger partial charge in [0.25, 0.3) is 0 Å². The summed E-state index contributed by atoms with van der Waals surface area (Å²) in [6.45, 7) is 21.8. The second-order valence-electron chi connectivity index (χ2n) is 5.19. The largest absolute Gasteiger partial charge is 0.123 e. The van der Waals surface area contributed by atoms with Crippen molar-refractivity contribution < 1.29 is 0 Å². The van der Waals surface area contributed by atoms with Gasteiger partial charge in [-0.1, -0.05) is 75.6 Å². The maximum atomic E-state index is 3.76. The summed E-state index contributed by atoms with van der Waals surface area (Å²) < 4.78 is 0. The molecule has 21 heavy (non-hydrogen) atoms. The van der Waals surface area contributed by atoms with Crippen molar-refractivity contribution >= 4 is 17.8 Å². The lowest BCUT2D eigenvalue weighted by Crippen LogP contribution is -1.87. The number of aryl methyl sites for hydroxylation is 2. The molecule has 0 aliphatic rings. The lowest BCUT2D eigenvalue weighted by molar-refractivity contribution is 1.12. The summed E-state index contributed by atoms with van der Waals surface area (Å²) >= 11 is 1.82. The maximum Gasteiger partial charge on any atom is 0.00977 e. The highest BCUT2D eigenvalue weighted by Crippen LogP contribution is 2.25. The van der Waals surface area contributed by atoms with Crippen molar-refractivity contribution in [2.24, 2.45) is 0 Å². The molecule has 0 saturated heterocycles. The molecule has 1 aromatic rings. The molecule has 0 aliphatic carbocycles. The average molecular weight is 301 g/mol. The highest BCUT2D eigenvalue weighted by atomic mass is 32.2. The lowest BCUT2D eigenvalue weighted by atomic mass is 10.1. The first-order valence-electron chi connectivity index (χ1n) is 7.17. The van der Waals surface area contributed by atoms with Crippen LogP contribution in [0.2, 0.25) is 0 Å². The van der Waals surface area contributed by atoms with E-state index in [0.29, 0.717) is 5.25 Å². The second-order valence-corrected chi connectivity index (χ2v) is 6.80. The van der Waals surface area contributed by atoms with Crippen LogP contribution in [0.3, 0.4) is 0 Å². The van der Waals surface area contributed by atoms with E-state index in [1.807, 2.05) is 30.0 Å². The second kappa shape index (κ2) is 10.3. The van der Waals surface area contributed by atoms with E-state index in [1.54, 1.807) is 0 Å². The predicted octanol–water partition coefficient (Wildman–Crippen LogP) is 6.72. The molecule has 0 atom stereocenters. The number of rotatable bonds is 5. The number of hydrogen-bond acceptors (Lipinski definition) is 1. The highest BCUT2D eigenvalue weighted by Gasteiger charge is 1.99. The molecule has 0 fully saturated rings. The Bertz CT molecular complexity index is 519. The summed E-state index contributed by atoms with van der Waals surface area (Å²) in [5.41, 5.74) is 5.03. The Labute approximate surface area is 135 Å². The van der Waals surface area contributed by atoms with Crippen LogP contribution < -0.4 is 0 Å². The van der Waals surface area contributed by atoms with Gasteiger partial charge in [0.05, 0.1) is 0 Å². The molecule has 0 N–H and O–H groups in total. The van der Waals surface area contributed by atoms with Crippen LogP contribution in [0, 0.1) is 13.8 Å². The van der Waals surface area contributed by atoms with E-state index in [0.717, 1.165) is 0 Å². The van der Waals surface area contributed by atoms with E-state index in [-0.39, 0.29) is 0 Å². The molecule has 0 bridgehead atoms. The van der Waals surface area contributed by atoms with Gasteiger partial charge in [0.15, 0.2) is 0 Å². The van der Waals surface area contributed by atoms with Gasteiger partial charge in [-0.05, 0) is 37.5 Å². The fourth-order valence-electron chi connectivity index (χ4n) is 1.64. The van der Waals surface area contributed by atoms with Crippen LogP contribution in [0.25, 0.3) is 6.08 Å². The molecule has 0 heterocycles. The Morgan fingerprint density at radius 1 is 1.10 bits per heavy atom. The summed E-state index contributed by atoms with van der Waals surface area (Å²) in [6.07, 6.45) is 5.65. The zero-order chi connectivity index (χ0) is 16.4. The van der Waals surface area contributed by atoms with Crippen LogP contribution in [0.4, 0.5) is 0 Å². The van der Waals surface area contributed by atoms with Gasteiger partial charge >= 0.3 is 0 Å². The van der Waals surface area contributed by atoms with Crippen molar-refractivity contribution in [2.45, 2.75) is 39.9 Å². The van der Waals surface area contributed by atoms with E-state index in [9.17, 15) is 0 Å². The van der Waals surface area contributed by atoms with Crippen LogP contribution in [0.1, 0.15) is 37.5 Å². The molecule has 0 unspecified atom stereocenters. The van der Waals surface area contributed by atoms with Gasteiger partial charge < -0.3 is 0 Å². The minimum Gasteiger partial charge on any atom is -0.123 e. The topological polar surface area (TPSA) is 0 Å². The average Bonchev–Trinajstić information content (AvgIpc) is 2.46. The molecule has 1 aromatic carbocycles. The van der Waals surface area contributed by atoms with Gasteiger partial charge in [0, 0.05) is 10.2 Å². The van der Waals surface area contributed by atoms with Crippen molar-refractivity contribution in [3.63, 3.8) is 0 Å². The zero-order valence-corrected chi connectivity index (χ0v) is 14.9. The third-order valence-corrected chi connectivity index (χ3v) is 4.11. The fraction of sp³-hybridized carbons (Fsp3) is 0.300. The van der Waals surface area contributed by atoms with Crippen molar-refractivity contribution in [1.82, 2.24) is 0 Å². The van der Waals surface area contributed by atoms with Crippen LogP contribution in [0.5, 0.6) is 0 Å². The summed E-state index contributed by atoms with van der Waals surface area (Å²) in [4.78, 5) is 1.23. The Kier molecular flexibility index (Phi) is 9.56.